The number of carbonyl (C=O) groups excluding carboxylic acids is 1. The first-order valence-electron chi connectivity index (χ1n) is 14.3. The summed E-state index contributed by atoms with van der Waals surface area (Å²) in [6, 6.07) is 9.07. The first kappa shape index (κ1) is 29.1. The van der Waals surface area contributed by atoms with E-state index in [1.807, 2.05) is 6.92 Å². The molecule has 226 valence electrons. The minimum absolute atomic E-state index is 0.0476. The molecule has 1 amide bonds. The molecule has 3 N–H and O–H groups in total. The van der Waals surface area contributed by atoms with Crippen LogP contribution < -0.4 is 15.8 Å². The molecule has 2 aromatic carbocycles. The third-order valence-corrected chi connectivity index (χ3v) is 7.98. The number of anilines is 1. The molecule has 6 rings (SSSR count). The minimum atomic E-state index is -1.19. The number of halogens is 3. The van der Waals surface area contributed by atoms with Gasteiger partial charge in [-0.25, -0.2) is 23.4 Å². The molecule has 1 aliphatic carbocycles. The van der Waals surface area contributed by atoms with Crippen molar-refractivity contribution < 1.29 is 22.7 Å². The van der Waals surface area contributed by atoms with Gasteiger partial charge in [0, 0.05) is 30.3 Å². The van der Waals surface area contributed by atoms with Gasteiger partial charge in [0.15, 0.2) is 17.2 Å². The highest BCUT2D eigenvalue weighted by Gasteiger charge is 2.41. The lowest BCUT2D eigenvalue weighted by Crippen LogP contribution is -2.42. The summed E-state index contributed by atoms with van der Waals surface area (Å²) in [5.74, 6) is -3.70. The van der Waals surface area contributed by atoms with Crippen LogP contribution in [0.1, 0.15) is 38.6 Å². The Kier molecular flexibility index (Phi) is 7.69. The number of hydrogen-bond donors (Lipinski definition) is 2. The molecule has 0 spiro atoms. The van der Waals surface area contributed by atoms with Crippen molar-refractivity contribution in [2.45, 2.75) is 44.2 Å². The van der Waals surface area contributed by atoms with Gasteiger partial charge in [0.2, 0.25) is 5.82 Å². The average molecular weight is 603 g/mol. The van der Waals surface area contributed by atoms with Crippen LogP contribution in [0.3, 0.4) is 0 Å². The second kappa shape index (κ2) is 11.6. The Morgan fingerprint density at radius 1 is 1.23 bits per heavy atom. The van der Waals surface area contributed by atoms with E-state index in [9.17, 15) is 18.8 Å². The van der Waals surface area contributed by atoms with Gasteiger partial charge < -0.3 is 20.7 Å². The summed E-state index contributed by atoms with van der Waals surface area (Å²) in [6.45, 7) is 3.46. The van der Waals surface area contributed by atoms with Crippen LogP contribution in [0.5, 0.6) is 11.5 Å². The van der Waals surface area contributed by atoms with Gasteiger partial charge in [-0.2, -0.15) is 14.8 Å². The van der Waals surface area contributed by atoms with Gasteiger partial charge in [-0.15, -0.1) is 0 Å². The molecule has 2 aliphatic rings. The smallest absolute Gasteiger partial charge is 0.264 e. The molecule has 44 heavy (non-hydrogen) atoms. The predicted octanol–water partition coefficient (Wildman–Crippen LogP) is 5.04. The highest BCUT2D eigenvalue weighted by molar-refractivity contribution is 5.99. The van der Waals surface area contributed by atoms with Crippen LogP contribution in [0.25, 0.3) is 22.3 Å². The Morgan fingerprint density at radius 2 is 2.05 bits per heavy atom. The molecule has 1 saturated carbocycles. The number of amides is 1. The van der Waals surface area contributed by atoms with Crippen molar-refractivity contribution in [2.24, 2.45) is 0 Å². The number of hydrogen-bond acceptors (Lipinski definition) is 8. The van der Waals surface area contributed by atoms with Crippen LogP contribution in [0.2, 0.25) is 0 Å². The number of nitriles is 1. The number of likely N-dealkylation sites (N-methyl/N-ethyl adjacent to an activating group) is 1. The lowest BCUT2D eigenvalue weighted by Gasteiger charge is -2.33. The van der Waals surface area contributed by atoms with E-state index in [-0.39, 0.29) is 58.2 Å². The Bertz CT molecular complexity index is 1830. The van der Waals surface area contributed by atoms with Crippen LogP contribution in [-0.4, -0.2) is 55.7 Å². The van der Waals surface area contributed by atoms with E-state index in [1.165, 1.54) is 30.6 Å². The third kappa shape index (κ3) is 5.44. The van der Waals surface area contributed by atoms with Crippen molar-refractivity contribution in [3.05, 3.63) is 71.8 Å². The summed E-state index contributed by atoms with van der Waals surface area (Å²) < 4.78 is 50.3. The molecule has 1 saturated heterocycles. The number of aromatic nitrogens is 4. The van der Waals surface area contributed by atoms with Gasteiger partial charge in [-0.1, -0.05) is 13.0 Å². The standard InChI is InChI=1S/C31H29F3N8O2/c1-2-39-31(10-11-31)14-18(15-35)30(43)41-12-4-5-19(16-41)42-29-25(28(36)37-17-38-29)27(40-42)21-9-8-20(13-23(21)33)44-24-7-3-6-22(32)26(24)34/h3,6-9,13-14,17,19,39H,2,4-5,10-12,16H2,1H3,(H2,36,37,38)/t19-/m1/s1. The summed E-state index contributed by atoms with van der Waals surface area (Å²) in [5, 5.41) is 18.2. The number of benzene rings is 2. The van der Waals surface area contributed by atoms with Crippen LogP contribution in [0.4, 0.5) is 19.0 Å². The van der Waals surface area contributed by atoms with Crippen molar-refractivity contribution in [1.29, 1.82) is 5.26 Å². The van der Waals surface area contributed by atoms with Crippen LogP contribution >= 0.6 is 0 Å². The number of fused-ring (bicyclic) bond motifs is 1. The Labute approximate surface area is 250 Å². The molecule has 0 radical (unpaired) electrons. The lowest BCUT2D eigenvalue weighted by molar-refractivity contribution is -0.128. The van der Waals surface area contributed by atoms with Crippen molar-refractivity contribution in [3.63, 3.8) is 0 Å². The molecule has 2 fully saturated rings. The second-order valence-electron chi connectivity index (χ2n) is 10.9. The number of nitrogens with two attached hydrogens (primary N) is 1. The monoisotopic (exact) mass is 602 g/mol. The number of likely N-dealkylation sites (tertiary alicyclic amines) is 1. The fraction of sp³-hybridized carbons (Fsp3) is 0.323. The van der Waals surface area contributed by atoms with Crippen molar-refractivity contribution in [1.82, 2.24) is 30.0 Å². The largest absolute Gasteiger partial charge is 0.454 e. The van der Waals surface area contributed by atoms with Gasteiger partial charge >= 0.3 is 0 Å². The summed E-state index contributed by atoms with van der Waals surface area (Å²) >= 11 is 0. The van der Waals surface area contributed by atoms with Gasteiger partial charge in [-0.3, -0.25) is 4.79 Å². The predicted molar refractivity (Wildman–Crippen MR) is 156 cm³/mol. The number of nitrogens with zero attached hydrogens (tertiary/aromatic N) is 6. The van der Waals surface area contributed by atoms with Crippen molar-refractivity contribution in [2.75, 3.05) is 25.4 Å². The van der Waals surface area contributed by atoms with Crippen LogP contribution in [-0.2, 0) is 4.79 Å². The summed E-state index contributed by atoms with van der Waals surface area (Å²) in [6.07, 6.45) is 6.09. The minimum Gasteiger partial charge on any atom is -0.454 e. The number of nitrogen functional groups attached to an aromatic ring is 1. The first-order valence-corrected chi connectivity index (χ1v) is 14.3. The first-order chi connectivity index (χ1) is 21.2. The van der Waals surface area contributed by atoms with Crippen molar-refractivity contribution >= 4 is 22.8 Å². The molecular weight excluding hydrogens is 573 g/mol. The molecule has 13 heteroatoms. The van der Waals surface area contributed by atoms with Gasteiger partial charge in [0.25, 0.3) is 5.91 Å². The molecular formula is C31H29F3N8O2. The van der Waals surface area contributed by atoms with E-state index in [0.717, 1.165) is 31.5 Å². The lowest BCUT2D eigenvalue weighted by atomic mass is 10.0. The fourth-order valence-corrected chi connectivity index (χ4v) is 5.67. The number of nitrogens with one attached hydrogen (secondary N) is 1. The van der Waals surface area contributed by atoms with Crippen molar-refractivity contribution in [3.8, 4) is 28.8 Å². The molecule has 3 heterocycles. The summed E-state index contributed by atoms with van der Waals surface area (Å²) in [5.41, 5.74) is 6.65. The fourth-order valence-electron chi connectivity index (χ4n) is 5.67. The highest BCUT2D eigenvalue weighted by atomic mass is 19.2. The zero-order valence-electron chi connectivity index (χ0n) is 23.9. The normalized spacial score (nSPS) is 17.8. The Hall–Kier alpha value is -4.96. The SMILES string of the molecule is CCNC1(C=C(C#N)C(=O)N2CCC[C@@H](n3nc(-c4ccc(Oc5cccc(F)c5F)cc4F)c4c(N)ncnc43)C2)CC1. The van der Waals surface area contributed by atoms with Gasteiger partial charge in [0.05, 0.1) is 11.4 Å². The molecule has 2 aromatic heterocycles. The quantitative estimate of drug-likeness (QED) is 0.212. The molecule has 1 atom stereocenters. The van der Waals surface area contributed by atoms with Gasteiger partial charge in [0.1, 0.15) is 41.0 Å². The van der Waals surface area contributed by atoms with Gasteiger partial charge in [-0.05, 0) is 62.6 Å². The zero-order chi connectivity index (χ0) is 31.0. The second-order valence-corrected chi connectivity index (χ2v) is 10.9. The molecule has 4 aromatic rings. The van der Waals surface area contributed by atoms with E-state index in [4.69, 9.17) is 15.6 Å². The van der Waals surface area contributed by atoms with E-state index >= 15 is 4.39 Å². The summed E-state index contributed by atoms with van der Waals surface area (Å²) in [7, 11) is 0. The molecule has 0 bridgehead atoms. The Balaban J connectivity index is 1.31. The summed E-state index contributed by atoms with van der Waals surface area (Å²) in [4.78, 5) is 23.5. The number of piperidine rings is 1. The number of rotatable bonds is 8. The van der Waals surface area contributed by atoms with E-state index in [1.54, 1.807) is 15.7 Å². The number of ether oxygens (including phenoxy) is 1. The Morgan fingerprint density at radius 3 is 2.77 bits per heavy atom. The molecule has 10 nitrogen and oxygen atoms in total. The maximum atomic E-state index is 15.5. The van der Waals surface area contributed by atoms with E-state index in [0.29, 0.717) is 30.4 Å². The molecule has 0 unspecified atom stereocenters. The van der Waals surface area contributed by atoms with E-state index in [2.05, 4.69) is 21.4 Å². The number of carbonyl (C=O) groups is 1. The topological polar surface area (TPSA) is 135 Å². The van der Waals surface area contributed by atoms with Crippen LogP contribution in [0.15, 0.2) is 54.4 Å². The highest BCUT2D eigenvalue weighted by Crippen LogP contribution is 2.39. The van der Waals surface area contributed by atoms with E-state index < -0.39 is 17.5 Å². The third-order valence-electron chi connectivity index (χ3n) is 7.98. The molecule has 1 aliphatic heterocycles. The maximum Gasteiger partial charge on any atom is 0.264 e. The van der Waals surface area contributed by atoms with Crippen LogP contribution in [0, 0.1) is 28.8 Å². The maximum absolute atomic E-state index is 15.5. The zero-order valence-corrected chi connectivity index (χ0v) is 23.9. The average Bonchev–Trinajstić information content (AvgIpc) is 3.67.